The van der Waals surface area contributed by atoms with Crippen LogP contribution in [0.25, 0.3) is 0 Å². The zero-order valence-electron chi connectivity index (χ0n) is 20.0. The van der Waals surface area contributed by atoms with Gasteiger partial charge in [-0.05, 0) is 37.6 Å². The van der Waals surface area contributed by atoms with Crippen molar-refractivity contribution in [3.8, 4) is 17.4 Å². The van der Waals surface area contributed by atoms with Gasteiger partial charge in [0.2, 0.25) is 5.88 Å². The standard InChI is InChI=1S/C26H27N5O4/c1-5-19(16-27-3)25(32)31-23-13-20(11-12-28-23)35-22-8-6-7-21(17(22)2)26(33)30-15-18-9-10-24(34-4)29-14-18/h5-14,16H,15H2,1-4H3,(H,30,33)(H,28,31,32)/b19-5+,27-16?. The van der Waals surface area contributed by atoms with E-state index in [-0.39, 0.29) is 11.8 Å². The molecule has 0 bridgehead atoms. The lowest BCUT2D eigenvalue weighted by atomic mass is 10.1. The first-order chi connectivity index (χ1) is 16.9. The summed E-state index contributed by atoms with van der Waals surface area (Å²) in [6.07, 6.45) is 6.32. The third-order valence-corrected chi connectivity index (χ3v) is 5.03. The molecule has 9 heteroatoms. The maximum absolute atomic E-state index is 12.8. The number of carbonyl (C=O) groups is 2. The molecule has 2 heterocycles. The molecule has 0 saturated heterocycles. The Morgan fingerprint density at radius 2 is 1.97 bits per heavy atom. The minimum atomic E-state index is -0.329. The number of nitrogens with one attached hydrogen (secondary N) is 2. The highest BCUT2D eigenvalue weighted by atomic mass is 16.5. The summed E-state index contributed by atoms with van der Waals surface area (Å²) >= 11 is 0. The number of anilines is 1. The summed E-state index contributed by atoms with van der Waals surface area (Å²) in [7, 11) is 3.14. The van der Waals surface area contributed by atoms with Gasteiger partial charge < -0.3 is 20.1 Å². The Kier molecular flexibility index (Phi) is 8.66. The zero-order chi connectivity index (χ0) is 25.2. The van der Waals surface area contributed by atoms with Gasteiger partial charge in [-0.2, -0.15) is 0 Å². The first kappa shape index (κ1) is 25.1. The molecular formula is C26H27N5O4. The average Bonchev–Trinajstić information content (AvgIpc) is 2.87. The molecule has 0 radical (unpaired) electrons. The van der Waals surface area contributed by atoms with Crippen molar-refractivity contribution in [2.45, 2.75) is 20.4 Å². The second kappa shape index (κ2) is 12.1. The Morgan fingerprint density at radius 3 is 2.66 bits per heavy atom. The lowest BCUT2D eigenvalue weighted by Crippen LogP contribution is -2.23. The Bertz CT molecular complexity index is 1250. The quantitative estimate of drug-likeness (QED) is 0.357. The Morgan fingerprint density at radius 1 is 1.14 bits per heavy atom. The third kappa shape index (κ3) is 6.73. The van der Waals surface area contributed by atoms with Gasteiger partial charge in [-0.25, -0.2) is 9.97 Å². The van der Waals surface area contributed by atoms with Crippen LogP contribution in [0.15, 0.2) is 71.5 Å². The van der Waals surface area contributed by atoms with E-state index in [1.54, 1.807) is 69.8 Å². The summed E-state index contributed by atoms with van der Waals surface area (Å²) in [5.74, 6) is 1.26. The molecule has 0 spiro atoms. The van der Waals surface area contributed by atoms with Gasteiger partial charge in [0.1, 0.15) is 17.3 Å². The largest absolute Gasteiger partial charge is 0.481 e. The highest BCUT2D eigenvalue weighted by Gasteiger charge is 2.14. The third-order valence-electron chi connectivity index (χ3n) is 5.03. The summed E-state index contributed by atoms with van der Waals surface area (Å²) in [6.45, 7) is 3.89. The molecule has 0 atom stereocenters. The molecule has 2 aromatic heterocycles. The van der Waals surface area contributed by atoms with Crippen molar-refractivity contribution < 1.29 is 19.1 Å². The molecule has 0 saturated carbocycles. The molecule has 1 aromatic carbocycles. The normalized spacial score (nSPS) is 11.3. The van der Waals surface area contributed by atoms with E-state index in [2.05, 4.69) is 25.6 Å². The number of hydrogen-bond donors (Lipinski definition) is 2. The number of carbonyl (C=O) groups excluding carboxylic acids is 2. The van der Waals surface area contributed by atoms with Gasteiger partial charge in [-0.3, -0.25) is 14.6 Å². The van der Waals surface area contributed by atoms with Crippen molar-refractivity contribution in [3.63, 3.8) is 0 Å². The van der Waals surface area contributed by atoms with E-state index in [0.29, 0.717) is 46.4 Å². The lowest BCUT2D eigenvalue weighted by Gasteiger charge is -2.13. The van der Waals surface area contributed by atoms with Gasteiger partial charge >= 0.3 is 0 Å². The smallest absolute Gasteiger partial charge is 0.258 e. The van der Waals surface area contributed by atoms with Gasteiger partial charge in [-0.1, -0.05) is 18.2 Å². The summed E-state index contributed by atoms with van der Waals surface area (Å²) in [5, 5.41) is 5.61. The second-order valence-electron chi connectivity index (χ2n) is 7.38. The molecule has 0 aliphatic heterocycles. The van der Waals surface area contributed by atoms with E-state index >= 15 is 0 Å². The van der Waals surface area contributed by atoms with Crippen molar-refractivity contribution in [2.75, 3.05) is 19.5 Å². The molecule has 3 aromatic rings. The first-order valence-corrected chi connectivity index (χ1v) is 10.9. The zero-order valence-corrected chi connectivity index (χ0v) is 20.0. The number of aromatic nitrogens is 2. The molecule has 2 amide bonds. The van der Waals surface area contributed by atoms with E-state index in [4.69, 9.17) is 9.47 Å². The molecule has 0 aliphatic rings. The van der Waals surface area contributed by atoms with Crippen LogP contribution in [0.4, 0.5) is 5.82 Å². The van der Waals surface area contributed by atoms with Crippen LogP contribution < -0.4 is 20.1 Å². The molecule has 180 valence electrons. The molecule has 2 N–H and O–H groups in total. The Labute approximate surface area is 203 Å². The molecule has 0 fully saturated rings. The number of nitrogens with zero attached hydrogens (tertiary/aromatic N) is 3. The minimum Gasteiger partial charge on any atom is -0.481 e. The van der Waals surface area contributed by atoms with Crippen LogP contribution in [0.3, 0.4) is 0 Å². The topological polar surface area (TPSA) is 115 Å². The van der Waals surface area contributed by atoms with Crippen LogP contribution >= 0.6 is 0 Å². The number of rotatable bonds is 9. The summed E-state index contributed by atoms with van der Waals surface area (Å²) in [5.41, 5.74) is 2.43. The van der Waals surface area contributed by atoms with Gasteiger partial charge in [0, 0.05) is 55.5 Å². The Hall–Kier alpha value is -4.53. The van der Waals surface area contributed by atoms with E-state index < -0.39 is 0 Å². The number of allylic oxidation sites excluding steroid dienone is 1. The van der Waals surface area contributed by atoms with Crippen LogP contribution in [0, 0.1) is 6.92 Å². The van der Waals surface area contributed by atoms with Crippen molar-refractivity contribution in [2.24, 2.45) is 4.99 Å². The van der Waals surface area contributed by atoms with E-state index in [0.717, 1.165) is 5.56 Å². The maximum atomic E-state index is 12.8. The van der Waals surface area contributed by atoms with Crippen molar-refractivity contribution in [3.05, 3.63) is 83.2 Å². The molecule has 9 nitrogen and oxygen atoms in total. The fraction of sp³-hybridized carbons (Fsp3) is 0.192. The van der Waals surface area contributed by atoms with Crippen molar-refractivity contribution >= 4 is 23.8 Å². The fourth-order valence-electron chi connectivity index (χ4n) is 3.15. The SMILES string of the molecule is C/C=C(\C=NC)C(=O)Nc1cc(Oc2cccc(C(=O)NCc3ccc(OC)nc3)c2C)ccn1. The summed E-state index contributed by atoms with van der Waals surface area (Å²) in [6, 6.07) is 12.1. The number of benzene rings is 1. The van der Waals surface area contributed by atoms with Crippen LogP contribution in [0.5, 0.6) is 17.4 Å². The fourth-order valence-corrected chi connectivity index (χ4v) is 3.15. The van der Waals surface area contributed by atoms with E-state index in [9.17, 15) is 9.59 Å². The predicted molar refractivity (Wildman–Crippen MR) is 134 cm³/mol. The highest BCUT2D eigenvalue weighted by molar-refractivity contribution is 6.17. The first-order valence-electron chi connectivity index (χ1n) is 10.9. The van der Waals surface area contributed by atoms with E-state index in [1.807, 2.05) is 13.0 Å². The maximum Gasteiger partial charge on any atom is 0.258 e. The summed E-state index contributed by atoms with van der Waals surface area (Å²) < 4.78 is 11.1. The number of hydrogen-bond acceptors (Lipinski definition) is 7. The number of amides is 2. The minimum absolute atomic E-state index is 0.233. The number of methoxy groups -OCH3 is 1. The predicted octanol–water partition coefficient (Wildman–Crippen LogP) is 4.10. The monoisotopic (exact) mass is 473 g/mol. The van der Waals surface area contributed by atoms with Gasteiger partial charge in [0.05, 0.1) is 12.7 Å². The number of pyridine rings is 2. The van der Waals surface area contributed by atoms with E-state index in [1.165, 1.54) is 12.4 Å². The lowest BCUT2D eigenvalue weighted by molar-refractivity contribution is -0.112. The molecule has 35 heavy (non-hydrogen) atoms. The van der Waals surface area contributed by atoms with Gasteiger partial charge in [0.25, 0.3) is 11.8 Å². The summed E-state index contributed by atoms with van der Waals surface area (Å²) in [4.78, 5) is 37.4. The average molecular weight is 474 g/mol. The van der Waals surface area contributed by atoms with Crippen LogP contribution in [0.2, 0.25) is 0 Å². The van der Waals surface area contributed by atoms with Crippen LogP contribution in [-0.4, -0.2) is 42.2 Å². The highest BCUT2D eigenvalue weighted by Crippen LogP contribution is 2.28. The van der Waals surface area contributed by atoms with Gasteiger partial charge in [0.15, 0.2) is 0 Å². The molecule has 0 aliphatic carbocycles. The number of aliphatic imine (C=N–C) groups is 1. The molecular weight excluding hydrogens is 446 g/mol. The molecule has 0 unspecified atom stereocenters. The van der Waals surface area contributed by atoms with Crippen molar-refractivity contribution in [1.29, 1.82) is 0 Å². The van der Waals surface area contributed by atoms with Gasteiger partial charge in [-0.15, -0.1) is 0 Å². The van der Waals surface area contributed by atoms with Crippen LogP contribution in [0.1, 0.15) is 28.4 Å². The van der Waals surface area contributed by atoms with Crippen molar-refractivity contribution in [1.82, 2.24) is 15.3 Å². The molecule has 3 rings (SSSR count). The Balaban J connectivity index is 1.70. The number of ether oxygens (including phenoxy) is 2. The van der Waals surface area contributed by atoms with Crippen LogP contribution in [-0.2, 0) is 11.3 Å². The second-order valence-corrected chi connectivity index (χ2v) is 7.38.